The minimum Gasteiger partial charge on any atom is -0.497 e. The van der Waals surface area contributed by atoms with Crippen LogP contribution >= 0.6 is 0 Å². The molecule has 9 nitrogen and oxygen atoms in total. The average Bonchev–Trinajstić information content (AvgIpc) is 3.20. The van der Waals surface area contributed by atoms with Crippen LogP contribution in [-0.4, -0.2) is 29.1 Å². The summed E-state index contributed by atoms with van der Waals surface area (Å²) in [6.07, 6.45) is 0. The number of nitrogens with zero attached hydrogens (tertiary/aromatic N) is 2. The maximum atomic E-state index is 12.2. The van der Waals surface area contributed by atoms with E-state index < -0.39 is 5.91 Å². The minimum absolute atomic E-state index is 0.0220. The van der Waals surface area contributed by atoms with Crippen molar-refractivity contribution in [1.82, 2.24) is 15.5 Å². The zero-order valence-electron chi connectivity index (χ0n) is 16.0. The molecule has 3 rings (SSSR count). The van der Waals surface area contributed by atoms with E-state index in [2.05, 4.69) is 20.8 Å². The van der Waals surface area contributed by atoms with Gasteiger partial charge in [0.05, 0.1) is 12.8 Å². The zero-order chi connectivity index (χ0) is 20.6. The Bertz CT molecular complexity index is 985. The number of methoxy groups -OCH3 is 1. The highest BCUT2D eigenvalue weighted by Crippen LogP contribution is 2.24. The van der Waals surface area contributed by atoms with E-state index in [1.165, 1.54) is 6.92 Å². The maximum Gasteiger partial charge on any atom is 0.316 e. The van der Waals surface area contributed by atoms with E-state index in [0.717, 1.165) is 11.3 Å². The summed E-state index contributed by atoms with van der Waals surface area (Å²) in [7, 11) is 1.59. The number of hydrogen-bond donors (Lipinski definition) is 2. The van der Waals surface area contributed by atoms with E-state index in [0.29, 0.717) is 18.0 Å². The molecule has 0 atom stereocenters. The van der Waals surface area contributed by atoms with Crippen LogP contribution in [0, 0.1) is 0 Å². The number of carbonyl (C=O) groups excluding carboxylic acids is 2. The summed E-state index contributed by atoms with van der Waals surface area (Å²) in [5, 5.41) is 9.12. The lowest BCUT2D eigenvalue weighted by molar-refractivity contribution is -0.114. The summed E-state index contributed by atoms with van der Waals surface area (Å²) in [5.41, 5.74) is 1.43. The van der Waals surface area contributed by atoms with Gasteiger partial charge >= 0.3 is 11.8 Å². The van der Waals surface area contributed by atoms with Crippen LogP contribution in [0.3, 0.4) is 0 Å². The van der Waals surface area contributed by atoms with Crippen LogP contribution in [-0.2, 0) is 17.9 Å². The lowest BCUT2D eigenvalue weighted by atomic mass is 10.2. The van der Waals surface area contributed by atoms with E-state index in [4.69, 9.17) is 14.0 Å². The standard InChI is InChI=1S/C20H20N4O5/c1-13(25)22-16-5-3-4-6-17(16)28-12-18-23-20(29-24-18)19(26)21-11-14-7-9-15(27-2)10-8-14/h3-10H,11-12H2,1-2H3,(H,21,26)(H,22,25). The highest BCUT2D eigenvalue weighted by atomic mass is 16.5. The molecule has 0 aliphatic carbocycles. The lowest BCUT2D eigenvalue weighted by Gasteiger charge is -2.09. The summed E-state index contributed by atoms with van der Waals surface area (Å²) in [5.74, 6) is 0.541. The molecule has 3 aromatic rings. The summed E-state index contributed by atoms with van der Waals surface area (Å²) in [6.45, 7) is 1.69. The van der Waals surface area contributed by atoms with Crippen molar-refractivity contribution < 1.29 is 23.6 Å². The predicted octanol–water partition coefficient (Wildman–Crippen LogP) is 2.55. The first-order chi connectivity index (χ1) is 14.0. The lowest BCUT2D eigenvalue weighted by Crippen LogP contribution is -2.23. The van der Waals surface area contributed by atoms with Crippen molar-refractivity contribution in [2.45, 2.75) is 20.1 Å². The Balaban J connectivity index is 1.55. The van der Waals surface area contributed by atoms with Gasteiger partial charge in [0.2, 0.25) is 11.7 Å². The van der Waals surface area contributed by atoms with Crippen molar-refractivity contribution >= 4 is 17.5 Å². The largest absolute Gasteiger partial charge is 0.497 e. The molecule has 0 radical (unpaired) electrons. The van der Waals surface area contributed by atoms with Crippen molar-refractivity contribution in [2.24, 2.45) is 0 Å². The summed E-state index contributed by atoms with van der Waals surface area (Å²) < 4.78 is 15.7. The second-order valence-corrected chi connectivity index (χ2v) is 6.01. The number of carbonyl (C=O) groups is 2. The van der Waals surface area contributed by atoms with Gasteiger partial charge in [0, 0.05) is 13.5 Å². The molecule has 0 bridgehead atoms. The Morgan fingerprint density at radius 2 is 1.86 bits per heavy atom. The van der Waals surface area contributed by atoms with Gasteiger partial charge < -0.3 is 24.6 Å². The number of ether oxygens (including phenoxy) is 2. The molecule has 2 N–H and O–H groups in total. The number of benzene rings is 2. The van der Waals surface area contributed by atoms with Crippen LogP contribution in [0.2, 0.25) is 0 Å². The first-order valence-corrected chi connectivity index (χ1v) is 8.78. The van der Waals surface area contributed by atoms with E-state index in [1.807, 2.05) is 24.3 Å². The van der Waals surface area contributed by atoms with Crippen molar-refractivity contribution in [1.29, 1.82) is 0 Å². The van der Waals surface area contributed by atoms with E-state index in [-0.39, 0.29) is 24.2 Å². The van der Waals surface area contributed by atoms with Crippen molar-refractivity contribution in [2.75, 3.05) is 12.4 Å². The topological polar surface area (TPSA) is 116 Å². The Morgan fingerprint density at radius 3 is 2.59 bits per heavy atom. The van der Waals surface area contributed by atoms with Crippen molar-refractivity contribution in [3.63, 3.8) is 0 Å². The first kappa shape index (κ1) is 19.9. The molecule has 0 unspecified atom stereocenters. The fourth-order valence-electron chi connectivity index (χ4n) is 2.43. The van der Waals surface area contributed by atoms with Crippen LogP contribution in [0.1, 0.15) is 29.0 Å². The summed E-state index contributed by atoms with van der Waals surface area (Å²) in [4.78, 5) is 27.5. The second kappa shape index (κ2) is 9.36. The molecule has 29 heavy (non-hydrogen) atoms. The average molecular weight is 396 g/mol. The fourth-order valence-corrected chi connectivity index (χ4v) is 2.43. The Hall–Kier alpha value is -3.88. The van der Waals surface area contributed by atoms with Gasteiger partial charge in [-0.25, -0.2) is 0 Å². The Morgan fingerprint density at radius 1 is 1.10 bits per heavy atom. The highest BCUT2D eigenvalue weighted by molar-refractivity contribution is 5.90. The maximum absolute atomic E-state index is 12.2. The molecule has 0 spiro atoms. The highest BCUT2D eigenvalue weighted by Gasteiger charge is 2.16. The predicted molar refractivity (Wildman–Crippen MR) is 104 cm³/mol. The normalized spacial score (nSPS) is 10.3. The molecule has 1 heterocycles. The third-order valence-electron chi connectivity index (χ3n) is 3.83. The molecule has 1 aromatic heterocycles. The number of aromatic nitrogens is 2. The number of hydrogen-bond acceptors (Lipinski definition) is 7. The van der Waals surface area contributed by atoms with E-state index in [1.54, 1.807) is 31.4 Å². The van der Waals surface area contributed by atoms with E-state index >= 15 is 0 Å². The van der Waals surface area contributed by atoms with Gasteiger partial charge in [-0.15, -0.1) is 0 Å². The first-order valence-electron chi connectivity index (χ1n) is 8.78. The number of nitrogens with one attached hydrogen (secondary N) is 2. The van der Waals surface area contributed by atoms with Gasteiger partial charge in [-0.05, 0) is 29.8 Å². The van der Waals surface area contributed by atoms with Gasteiger partial charge in [-0.2, -0.15) is 4.98 Å². The number of para-hydroxylation sites is 2. The molecule has 0 fully saturated rings. The summed E-state index contributed by atoms with van der Waals surface area (Å²) in [6, 6.07) is 14.3. The molecule has 9 heteroatoms. The van der Waals surface area contributed by atoms with Gasteiger partial charge in [0.1, 0.15) is 11.5 Å². The molecule has 0 aliphatic rings. The van der Waals surface area contributed by atoms with Gasteiger partial charge in [-0.1, -0.05) is 29.4 Å². The fraction of sp³-hybridized carbons (Fsp3) is 0.200. The van der Waals surface area contributed by atoms with Crippen LogP contribution in [0.5, 0.6) is 11.5 Å². The minimum atomic E-state index is -0.488. The van der Waals surface area contributed by atoms with Crippen molar-refractivity contribution in [3.8, 4) is 11.5 Å². The zero-order valence-corrected chi connectivity index (χ0v) is 16.0. The van der Waals surface area contributed by atoms with Crippen LogP contribution in [0.15, 0.2) is 53.1 Å². The van der Waals surface area contributed by atoms with Crippen molar-refractivity contribution in [3.05, 3.63) is 65.8 Å². The molecule has 2 aromatic carbocycles. The van der Waals surface area contributed by atoms with Gasteiger partial charge in [0.15, 0.2) is 6.61 Å². The van der Waals surface area contributed by atoms with Crippen LogP contribution < -0.4 is 20.1 Å². The van der Waals surface area contributed by atoms with Crippen LogP contribution in [0.25, 0.3) is 0 Å². The van der Waals surface area contributed by atoms with Crippen LogP contribution in [0.4, 0.5) is 5.69 Å². The Labute approximate surface area is 167 Å². The Kier molecular flexibility index (Phi) is 6.41. The quantitative estimate of drug-likeness (QED) is 0.601. The monoisotopic (exact) mass is 396 g/mol. The van der Waals surface area contributed by atoms with Gasteiger partial charge in [0.25, 0.3) is 0 Å². The second-order valence-electron chi connectivity index (χ2n) is 6.01. The summed E-state index contributed by atoms with van der Waals surface area (Å²) >= 11 is 0. The molecular formula is C20H20N4O5. The third-order valence-corrected chi connectivity index (χ3v) is 3.83. The molecule has 0 saturated carbocycles. The molecule has 0 saturated heterocycles. The smallest absolute Gasteiger partial charge is 0.316 e. The number of anilines is 1. The molecule has 0 aliphatic heterocycles. The molecule has 150 valence electrons. The number of amides is 2. The molecular weight excluding hydrogens is 376 g/mol. The SMILES string of the molecule is COc1ccc(CNC(=O)c2nc(COc3ccccc3NC(C)=O)no2)cc1. The van der Waals surface area contributed by atoms with Gasteiger partial charge in [-0.3, -0.25) is 9.59 Å². The molecule has 2 amide bonds. The van der Waals surface area contributed by atoms with E-state index in [9.17, 15) is 9.59 Å². The third kappa shape index (κ3) is 5.55. The number of rotatable bonds is 8.